The Morgan fingerprint density at radius 1 is 1.15 bits per heavy atom. The molecular formula is C21H24N4O2. The Bertz CT molecular complexity index is 1030. The molecule has 1 aliphatic rings. The molecule has 2 N–H and O–H groups in total. The second-order valence-electron chi connectivity index (χ2n) is 6.62. The third-order valence-corrected chi connectivity index (χ3v) is 4.64. The summed E-state index contributed by atoms with van der Waals surface area (Å²) in [6, 6.07) is 11.9. The van der Waals surface area contributed by atoms with Crippen molar-refractivity contribution in [2.75, 3.05) is 25.5 Å². The van der Waals surface area contributed by atoms with E-state index in [1.807, 2.05) is 24.3 Å². The van der Waals surface area contributed by atoms with Crippen molar-refractivity contribution in [3.8, 4) is 11.5 Å². The molecule has 0 radical (unpaired) electrons. The lowest BCUT2D eigenvalue weighted by Gasteiger charge is -2.21. The lowest BCUT2D eigenvalue weighted by Crippen LogP contribution is -2.18. The van der Waals surface area contributed by atoms with Crippen LogP contribution < -0.4 is 20.7 Å². The van der Waals surface area contributed by atoms with E-state index in [2.05, 4.69) is 34.8 Å². The number of hydrogen-bond acceptors (Lipinski definition) is 5. The van der Waals surface area contributed by atoms with Crippen LogP contribution in [0.25, 0.3) is 10.9 Å². The Kier molecular flexibility index (Phi) is 4.96. The van der Waals surface area contributed by atoms with Crippen LogP contribution in [0.2, 0.25) is 0 Å². The molecule has 0 fully saturated rings. The first kappa shape index (κ1) is 17.4. The predicted octanol–water partition coefficient (Wildman–Crippen LogP) is 3.14. The Morgan fingerprint density at radius 3 is 2.93 bits per heavy atom. The maximum absolute atomic E-state index is 6.00. The quantitative estimate of drug-likeness (QED) is 0.706. The zero-order chi connectivity index (χ0) is 18.6. The monoisotopic (exact) mass is 364 g/mol. The summed E-state index contributed by atoms with van der Waals surface area (Å²) in [5.74, 6) is 2.10. The lowest BCUT2D eigenvalue weighted by atomic mass is 10.1. The highest BCUT2D eigenvalue weighted by molar-refractivity contribution is 5.79. The number of nitrogens with two attached hydrogens (primary N) is 1. The van der Waals surface area contributed by atoms with Crippen molar-refractivity contribution >= 4 is 16.7 Å². The van der Waals surface area contributed by atoms with Crippen molar-refractivity contribution < 1.29 is 9.47 Å². The van der Waals surface area contributed by atoms with Gasteiger partial charge in [0.05, 0.1) is 12.1 Å². The lowest BCUT2D eigenvalue weighted by molar-refractivity contribution is 0.170. The molecule has 0 aliphatic carbocycles. The summed E-state index contributed by atoms with van der Waals surface area (Å²) < 4.78 is 13.7. The molecule has 0 saturated heterocycles. The molecule has 6 nitrogen and oxygen atoms in total. The van der Waals surface area contributed by atoms with Gasteiger partial charge in [-0.2, -0.15) is 0 Å². The number of fused-ring (bicyclic) bond motifs is 2. The van der Waals surface area contributed by atoms with E-state index in [1.54, 1.807) is 0 Å². The van der Waals surface area contributed by atoms with Crippen LogP contribution in [0, 0.1) is 0 Å². The van der Waals surface area contributed by atoms with Crippen LogP contribution in [-0.2, 0) is 6.54 Å². The summed E-state index contributed by atoms with van der Waals surface area (Å²) >= 11 is 0. The molecule has 0 saturated carbocycles. The SMILES string of the molecule is CCCCN=c1nc(N)ccc2ccn(Cc3cccc4c3OCCO4)c12. The van der Waals surface area contributed by atoms with Crippen molar-refractivity contribution in [1.29, 1.82) is 0 Å². The van der Waals surface area contributed by atoms with Crippen molar-refractivity contribution in [1.82, 2.24) is 9.55 Å². The number of rotatable bonds is 5. The Hall–Kier alpha value is -3.02. The zero-order valence-electron chi connectivity index (χ0n) is 15.5. The summed E-state index contributed by atoms with van der Waals surface area (Å²) in [6.45, 7) is 4.70. The molecule has 27 heavy (non-hydrogen) atoms. The third-order valence-electron chi connectivity index (χ3n) is 4.64. The fourth-order valence-corrected chi connectivity index (χ4v) is 3.30. The molecule has 0 bridgehead atoms. The molecule has 2 aromatic heterocycles. The van der Waals surface area contributed by atoms with Crippen molar-refractivity contribution in [2.45, 2.75) is 26.3 Å². The minimum absolute atomic E-state index is 0.474. The highest BCUT2D eigenvalue weighted by Crippen LogP contribution is 2.34. The fraction of sp³-hybridized carbons (Fsp3) is 0.333. The fourth-order valence-electron chi connectivity index (χ4n) is 3.30. The minimum atomic E-state index is 0.474. The van der Waals surface area contributed by atoms with Gasteiger partial charge in [-0.15, -0.1) is 0 Å². The second-order valence-corrected chi connectivity index (χ2v) is 6.62. The van der Waals surface area contributed by atoms with Crippen LogP contribution in [0.3, 0.4) is 0 Å². The molecule has 0 spiro atoms. The largest absolute Gasteiger partial charge is 0.486 e. The molecule has 0 atom stereocenters. The van der Waals surface area contributed by atoms with Crippen LogP contribution in [-0.4, -0.2) is 29.3 Å². The van der Waals surface area contributed by atoms with Crippen molar-refractivity contribution in [2.24, 2.45) is 4.99 Å². The number of para-hydroxylation sites is 1. The van der Waals surface area contributed by atoms with Crippen molar-refractivity contribution in [3.63, 3.8) is 0 Å². The molecule has 0 amide bonds. The second kappa shape index (κ2) is 7.70. The summed E-state index contributed by atoms with van der Waals surface area (Å²) in [4.78, 5) is 9.25. The van der Waals surface area contributed by atoms with E-state index in [0.717, 1.165) is 47.4 Å². The first-order valence-electron chi connectivity index (χ1n) is 9.40. The summed E-state index contributed by atoms with van der Waals surface area (Å²) in [5.41, 5.74) is 8.74. The highest BCUT2D eigenvalue weighted by atomic mass is 16.6. The van der Waals surface area contributed by atoms with Crippen LogP contribution >= 0.6 is 0 Å². The molecule has 1 aliphatic heterocycles. The van der Waals surface area contributed by atoms with Gasteiger partial charge in [0.15, 0.2) is 17.0 Å². The van der Waals surface area contributed by atoms with E-state index >= 15 is 0 Å². The number of hydrogen-bond donors (Lipinski definition) is 1. The number of ether oxygens (including phenoxy) is 2. The number of nitrogens with zero attached hydrogens (tertiary/aromatic N) is 3. The summed E-state index contributed by atoms with van der Waals surface area (Å²) in [5, 5.41) is 1.07. The topological polar surface area (TPSA) is 74.7 Å². The number of aromatic nitrogens is 2. The van der Waals surface area contributed by atoms with Gasteiger partial charge in [0, 0.05) is 23.7 Å². The average molecular weight is 364 g/mol. The van der Waals surface area contributed by atoms with Crippen molar-refractivity contribution in [3.05, 3.63) is 53.6 Å². The van der Waals surface area contributed by atoms with Crippen LogP contribution in [0.1, 0.15) is 25.3 Å². The summed E-state index contributed by atoms with van der Waals surface area (Å²) in [6.07, 6.45) is 4.18. The van der Waals surface area contributed by atoms with Crippen LogP contribution in [0.5, 0.6) is 11.5 Å². The van der Waals surface area contributed by atoms with E-state index in [1.165, 1.54) is 0 Å². The Labute approximate surface area is 158 Å². The van der Waals surface area contributed by atoms with E-state index in [4.69, 9.17) is 20.2 Å². The molecule has 6 heteroatoms. The molecule has 4 rings (SSSR count). The minimum Gasteiger partial charge on any atom is -0.486 e. The van der Waals surface area contributed by atoms with Gasteiger partial charge in [0.25, 0.3) is 0 Å². The van der Waals surface area contributed by atoms with E-state index < -0.39 is 0 Å². The van der Waals surface area contributed by atoms with Gasteiger partial charge in [-0.1, -0.05) is 25.5 Å². The Morgan fingerprint density at radius 2 is 2.04 bits per heavy atom. The van der Waals surface area contributed by atoms with Gasteiger partial charge in [0.2, 0.25) is 0 Å². The highest BCUT2D eigenvalue weighted by Gasteiger charge is 2.16. The first-order valence-corrected chi connectivity index (χ1v) is 9.40. The molecular weight excluding hydrogens is 340 g/mol. The normalized spacial score (nSPS) is 13.9. The molecule has 0 unspecified atom stereocenters. The van der Waals surface area contributed by atoms with E-state index in [0.29, 0.717) is 31.1 Å². The van der Waals surface area contributed by atoms with Gasteiger partial charge in [-0.3, -0.25) is 4.99 Å². The van der Waals surface area contributed by atoms with E-state index in [9.17, 15) is 0 Å². The summed E-state index contributed by atoms with van der Waals surface area (Å²) in [7, 11) is 0. The first-order chi connectivity index (χ1) is 13.3. The smallest absolute Gasteiger partial charge is 0.174 e. The zero-order valence-corrected chi connectivity index (χ0v) is 15.5. The Balaban J connectivity index is 1.82. The number of anilines is 1. The van der Waals surface area contributed by atoms with Gasteiger partial charge in [-0.05, 0) is 30.7 Å². The molecule has 3 aromatic rings. The molecule has 3 heterocycles. The van der Waals surface area contributed by atoms with Crippen LogP contribution in [0.4, 0.5) is 5.82 Å². The average Bonchev–Trinajstić information content (AvgIpc) is 3.01. The maximum atomic E-state index is 6.00. The van der Waals surface area contributed by atoms with Gasteiger partial charge < -0.3 is 19.8 Å². The predicted molar refractivity (Wildman–Crippen MR) is 106 cm³/mol. The molecule has 140 valence electrons. The van der Waals surface area contributed by atoms with Gasteiger partial charge in [-0.25, -0.2) is 4.98 Å². The number of unbranched alkanes of at least 4 members (excludes halogenated alkanes) is 1. The van der Waals surface area contributed by atoms with Gasteiger partial charge >= 0.3 is 0 Å². The van der Waals surface area contributed by atoms with Crippen LogP contribution in [0.15, 0.2) is 47.6 Å². The van der Waals surface area contributed by atoms with E-state index in [-0.39, 0.29) is 0 Å². The van der Waals surface area contributed by atoms with Gasteiger partial charge in [0.1, 0.15) is 19.0 Å². The molecule has 1 aromatic carbocycles. The number of benzene rings is 1. The maximum Gasteiger partial charge on any atom is 0.174 e. The number of nitrogen functional groups attached to an aromatic ring is 1. The standard InChI is InChI=1S/C21H24N4O2/c1-2-3-10-23-21-19-15(7-8-18(22)24-21)9-11-25(19)14-16-5-4-6-17-20(16)27-13-12-26-17/h4-9,11H,2-3,10,12-14H2,1H3,(H2,22,23,24). The third kappa shape index (κ3) is 3.60.